The zero-order valence-electron chi connectivity index (χ0n) is 9.38. The number of nitrogens with one attached hydrogen (secondary N) is 2. The van der Waals surface area contributed by atoms with Gasteiger partial charge in [0.05, 0.1) is 10.7 Å². The molecule has 0 fully saturated rings. The molecule has 0 spiro atoms. The molecule has 1 aromatic carbocycles. The van der Waals surface area contributed by atoms with Crippen LogP contribution in [0, 0.1) is 5.92 Å². The number of halogens is 2. The molecule has 3 nitrogen and oxygen atoms in total. The molecule has 0 aliphatic carbocycles. The maximum Gasteiger partial charge on any atom is 0.228 e. The number of carbonyl (C=O) groups excluding carboxylic acids is 1. The normalized spacial score (nSPS) is 10.2. The summed E-state index contributed by atoms with van der Waals surface area (Å²) in [5.74, 6) is -0.287. The maximum atomic E-state index is 11.4. The van der Waals surface area contributed by atoms with Crippen molar-refractivity contribution in [1.29, 1.82) is 0 Å². The van der Waals surface area contributed by atoms with Crippen LogP contribution in [0.5, 0.6) is 0 Å². The Hall–Kier alpha value is -0.840. The average Bonchev–Trinajstić information content (AvgIpc) is 2.23. The largest absolute Gasteiger partial charge is 0.331 e. The summed E-state index contributed by atoms with van der Waals surface area (Å²) in [6.07, 6.45) is 0. The minimum absolute atomic E-state index is 0.135. The summed E-state index contributed by atoms with van der Waals surface area (Å²) in [5.41, 5.74) is 0.563. The molecule has 6 heteroatoms. The van der Waals surface area contributed by atoms with Gasteiger partial charge in [0.15, 0.2) is 5.11 Å². The first kappa shape index (κ1) is 14.2. The quantitative estimate of drug-likeness (QED) is 0.820. The van der Waals surface area contributed by atoms with E-state index in [1.807, 2.05) is 0 Å². The Labute approximate surface area is 115 Å². The molecular weight excluding hydrogens is 279 g/mol. The predicted molar refractivity (Wildman–Crippen MR) is 75.7 cm³/mol. The summed E-state index contributed by atoms with van der Waals surface area (Å²) in [7, 11) is 0. The Morgan fingerprint density at radius 2 is 2.00 bits per heavy atom. The van der Waals surface area contributed by atoms with Gasteiger partial charge in [0.25, 0.3) is 0 Å². The van der Waals surface area contributed by atoms with Gasteiger partial charge in [-0.2, -0.15) is 0 Å². The third-order valence-corrected chi connectivity index (χ3v) is 2.71. The van der Waals surface area contributed by atoms with Crippen molar-refractivity contribution in [2.24, 2.45) is 5.92 Å². The van der Waals surface area contributed by atoms with Crippen LogP contribution in [0.2, 0.25) is 10.0 Å². The predicted octanol–water partition coefficient (Wildman–Crippen LogP) is 3.46. The highest BCUT2D eigenvalue weighted by Crippen LogP contribution is 2.25. The van der Waals surface area contributed by atoms with Gasteiger partial charge in [0.1, 0.15) is 0 Å². The lowest BCUT2D eigenvalue weighted by molar-refractivity contribution is -0.122. The van der Waals surface area contributed by atoms with Gasteiger partial charge in [0.2, 0.25) is 5.91 Å². The molecular formula is C11H12Cl2N2OS. The summed E-state index contributed by atoms with van der Waals surface area (Å²) >= 11 is 16.8. The van der Waals surface area contributed by atoms with Crippen LogP contribution in [0.1, 0.15) is 13.8 Å². The number of rotatable bonds is 2. The third-order valence-electron chi connectivity index (χ3n) is 1.94. The first-order valence-electron chi connectivity index (χ1n) is 4.97. The molecule has 0 aliphatic heterocycles. The summed E-state index contributed by atoms with van der Waals surface area (Å²) in [6.45, 7) is 3.56. The fraction of sp³-hybridized carbons (Fsp3) is 0.273. The number of hydrogen-bond donors (Lipinski definition) is 2. The Kier molecular flexibility index (Phi) is 5.18. The van der Waals surface area contributed by atoms with E-state index in [4.69, 9.17) is 35.4 Å². The maximum absolute atomic E-state index is 11.4. The number of hydrogen-bond acceptors (Lipinski definition) is 2. The van der Waals surface area contributed by atoms with Gasteiger partial charge in [-0.25, -0.2) is 0 Å². The average molecular weight is 291 g/mol. The van der Waals surface area contributed by atoms with Gasteiger partial charge < -0.3 is 10.6 Å². The molecule has 0 heterocycles. The molecule has 0 radical (unpaired) electrons. The van der Waals surface area contributed by atoms with Crippen LogP contribution >= 0.6 is 35.4 Å². The third kappa shape index (κ3) is 4.50. The van der Waals surface area contributed by atoms with E-state index in [2.05, 4.69) is 10.6 Å². The first-order chi connectivity index (χ1) is 7.90. The van der Waals surface area contributed by atoms with Crippen LogP contribution in [0.4, 0.5) is 5.69 Å². The topological polar surface area (TPSA) is 41.1 Å². The van der Waals surface area contributed by atoms with E-state index >= 15 is 0 Å². The van der Waals surface area contributed by atoms with E-state index in [1.165, 1.54) is 0 Å². The first-order valence-corrected chi connectivity index (χ1v) is 6.13. The van der Waals surface area contributed by atoms with Crippen molar-refractivity contribution < 1.29 is 4.79 Å². The van der Waals surface area contributed by atoms with Gasteiger partial charge in [-0.15, -0.1) is 0 Å². The summed E-state index contributed by atoms with van der Waals surface area (Å²) in [6, 6.07) is 4.96. The fourth-order valence-electron chi connectivity index (χ4n) is 1.00. The number of anilines is 1. The lowest BCUT2D eigenvalue weighted by Crippen LogP contribution is -2.36. The molecule has 1 amide bonds. The zero-order valence-corrected chi connectivity index (χ0v) is 11.7. The van der Waals surface area contributed by atoms with Crippen molar-refractivity contribution in [2.45, 2.75) is 13.8 Å². The monoisotopic (exact) mass is 290 g/mol. The number of carbonyl (C=O) groups is 1. The number of amides is 1. The Balaban J connectivity index is 2.68. The molecule has 2 N–H and O–H groups in total. The Bertz CT molecular complexity index is 449. The smallest absolute Gasteiger partial charge is 0.228 e. The van der Waals surface area contributed by atoms with Crippen molar-refractivity contribution in [3.8, 4) is 0 Å². The molecule has 0 saturated heterocycles. The number of benzene rings is 1. The van der Waals surface area contributed by atoms with Crippen molar-refractivity contribution in [3.05, 3.63) is 28.2 Å². The van der Waals surface area contributed by atoms with Crippen LogP contribution in [0.25, 0.3) is 0 Å². The second-order valence-corrected chi connectivity index (χ2v) is 4.97. The SMILES string of the molecule is CC(C)C(=O)NC(=S)Nc1cc(Cl)ccc1Cl. The van der Waals surface area contributed by atoms with E-state index in [1.54, 1.807) is 32.0 Å². The Morgan fingerprint density at radius 1 is 1.35 bits per heavy atom. The van der Waals surface area contributed by atoms with E-state index in [0.29, 0.717) is 15.7 Å². The van der Waals surface area contributed by atoms with Gasteiger partial charge in [-0.05, 0) is 30.4 Å². The second kappa shape index (κ2) is 6.19. The van der Waals surface area contributed by atoms with E-state index in [9.17, 15) is 4.79 Å². The lowest BCUT2D eigenvalue weighted by atomic mass is 10.2. The lowest BCUT2D eigenvalue weighted by Gasteiger charge is -2.12. The highest BCUT2D eigenvalue weighted by molar-refractivity contribution is 7.80. The number of thiocarbonyl (C=S) groups is 1. The highest BCUT2D eigenvalue weighted by Gasteiger charge is 2.10. The van der Waals surface area contributed by atoms with E-state index in [-0.39, 0.29) is 16.9 Å². The molecule has 0 aliphatic rings. The second-order valence-electron chi connectivity index (χ2n) is 3.72. The molecule has 92 valence electrons. The molecule has 17 heavy (non-hydrogen) atoms. The van der Waals surface area contributed by atoms with Gasteiger partial charge in [-0.3, -0.25) is 4.79 Å². The van der Waals surface area contributed by atoms with Crippen LogP contribution < -0.4 is 10.6 Å². The van der Waals surface area contributed by atoms with Crippen molar-refractivity contribution in [1.82, 2.24) is 5.32 Å². The molecule has 0 atom stereocenters. The molecule has 1 aromatic rings. The van der Waals surface area contributed by atoms with Crippen molar-refractivity contribution in [3.63, 3.8) is 0 Å². The molecule has 0 aromatic heterocycles. The van der Waals surface area contributed by atoms with Crippen molar-refractivity contribution in [2.75, 3.05) is 5.32 Å². The molecule has 1 rings (SSSR count). The highest BCUT2D eigenvalue weighted by atomic mass is 35.5. The van der Waals surface area contributed by atoms with Crippen LogP contribution in [-0.2, 0) is 4.79 Å². The van der Waals surface area contributed by atoms with Crippen molar-refractivity contribution >= 4 is 52.1 Å². The fourth-order valence-corrected chi connectivity index (χ4v) is 1.55. The van der Waals surface area contributed by atoms with Crippen LogP contribution in [-0.4, -0.2) is 11.0 Å². The van der Waals surface area contributed by atoms with Crippen LogP contribution in [0.15, 0.2) is 18.2 Å². The summed E-state index contributed by atoms with van der Waals surface area (Å²) in [5, 5.41) is 6.59. The molecule has 0 bridgehead atoms. The minimum Gasteiger partial charge on any atom is -0.331 e. The minimum atomic E-state index is -0.152. The standard InChI is InChI=1S/C11H12Cl2N2OS/c1-6(2)10(16)15-11(17)14-9-5-7(12)3-4-8(9)13/h3-6H,1-2H3,(H2,14,15,16,17). The van der Waals surface area contributed by atoms with Gasteiger partial charge in [-0.1, -0.05) is 37.0 Å². The zero-order chi connectivity index (χ0) is 13.0. The summed E-state index contributed by atoms with van der Waals surface area (Å²) < 4.78 is 0. The van der Waals surface area contributed by atoms with E-state index in [0.717, 1.165) is 0 Å². The van der Waals surface area contributed by atoms with Gasteiger partial charge >= 0.3 is 0 Å². The molecule has 0 saturated carbocycles. The summed E-state index contributed by atoms with van der Waals surface area (Å²) in [4.78, 5) is 11.4. The van der Waals surface area contributed by atoms with E-state index < -0.39 is 0 Å². The van der Waals surface area contributed by atoms with Crippen LogP contribution in [0.3, 0.4) is 0 Å². The Morgan fingerprint density at radius 3 is 2.59 bits per heavy atom. The molecule has 0 unspecified atom stereocenters. The van der Waals surface area contributed by atoms with Gasteiger partial charge in [0, 0.05) is 10.9 Å².